The lowest BCUT2D eigenvalue weighted by atomic mass is 10.2. The summed E-state index contributed by atoms with van der Waals surface area (Å²) in [6, 6.07) is 7.29. The Bertz CT molecular complexity index is 790. The number of rotatable bonds is 6. The summed E-state index contributed by atoms with van der Waals surface area (Å²) in [5.41, 5.74) is 0.468. The molecule has 0 saturated heterocycles. The van der Waals surface area contributed by atoms with Gasteiger partial charge in [0.25, 0.3) is 0 Å². The van der Waals surface area contributed by atoms with Gasteiger partial charge >= 0.3 is 0 Å². The molecule has 0 fully saturated rings. The number of aliphatic imine (C=N–C) groups is 1. The van der Waals surface area contributed by atoms with E-state index in [1.807, 2.05) is 18.2 Å². The van der Waals surface area contributed by atoms with Gasteiger partial charge < -0.3 is 16.0 Å². The molecule has 0 atom stereocenters. The Labute approximate surface area is 171 Å². The van der Waals surface area contributed by atoms with E-state index in [9.17, 15) is 18.0 Å². The Morgan fingerprint density at radius 1 is 1.11 bits per heavy atom. The first-order chi connectivity index (χ1) is 12.5. The van der Waals surface area contributed by atoms with Crippen molar-refractivity contribution in [2.75, 3.05) is 25.5 Å². The monoisotopic (exact) mass is 493 g/mol. The second-order valence-electron chi connectivity index (χ2n) is 5.19. The number of nitrogens with zero attached hydrogens (tertiary/aromatic N) is 2. The van der Waals surface area contributed by atoms with E-state index in [2.05, 4.69) is 25.9 Å². The minimum absolute atomic E-state index is 0. The predicted molar refractivity (Wildman–Crippen MR) is 108 cm³/mol. The van der Waals surface area contributed by atoms with Crippen LogP contribution in [0.1, 0.15) is 5.69 Å². The van der Waals surface area contributed by atoms with E-state index in [1.165, 1.54) is 7.05 Å². The third kappa shape index (κ3) is 7.04. The lowest BCUT2D eigenvalue weighted by Gasteiger charge is -2.12. The van der Waals surface area contributed by atoms with Crippen LogP contribution >= 0.6 is 24.0 Å². The zero-order valence-electron chi connectivity index (χ0n) is 14.4. The van der Waals surface area contributed by atoms with Crippen LogP contribution < -0.4 is 16.0 Å². The molecule has 0 bridgehead atoms. The number of aromatic nitrogens is 1. The van der Waals surface area contributed by atoms with Crippen LogP contribution in [0.2, 0.25) is 0 Å². The Kier molecular flexibility index (Phi) is 9.54. The van der Waals surface area contributed by atoms with Crippen molar-refractivity contribution >= 4 is 41.5 Å². The number of halogens is 4. The van der Waals surface area contributed by atoms with Gasteiger partial charge in [0.15, 0.2) is 23.4 Å². The summed E-state index contributed by atoms with van der Waals surface area (Å²) in [5, 5.41) is 7.90. The molecule has 0 aliphatic carbocycles. The highest BCUT2D eigenvalue weighted by atomic mass is 127. The van der Waals surface area contributed by atoms with Crippen molar-refractivity contribution in [3.8, 4) is 0 Å². The SMILES string of the molecule is CN=C(NCCc1ccccn1)NCC(=O)Nc1ccc(F)c(F)c1F.I. The zero-order valence-corrected chi connectivity index (χ0v) is 16.8. The number of hydrogen-bond donors (Lipinski definition) is 3. The van der Waals surface area contributed by atoms with Crippen molar-refractivity contribution in [2.45, 2.75) is 6.42 Å². The van der Waals surface area contributed by atoms with Gasteiger partial charge in [-0.1, -0.05) is 6.07 Å². The molecular formula is C17H19F3IN5O. The van der Waals surface area contributed by atoms with Gasteiger partial charge in [-0.25, -0.2) is 13.2 Å². The van der Waals surface area contributed by atoms with Crippen molar-refractivity contribution in [3.63, 3.8) is 0 Å². The fourth-order valence-corrected chi connectivity index (χ4v) is 2.06. The first-order valence-electron chi connectivity index (χ1n) is 7.79. The van der Waals surface area contributed by atoms with Crippen LogP contribution in [0.5, 0.6) is 0 Å². The Hall–Kier alpha value is -2.37. The molecule has 0 unspecified atom stereocenters. The number of guanidine groups is 1. The number of pyridine rings is 1. The molecule has 2 rings (SSSR count). The summed E-state index contributed by atoms with van der Waals surface area (Å²) in [4.78, 5) is 20.0. The standard InChI is InChI=1S/C17H18F3N5O.HI/c1-21-17(23-9-7-11-4-2-3-8-22-11)24-10-14(26)25-13-6-5-12(18)15(19)16(13)20;/h2-6,8H,7,9-10H2,1H3,(H,25,26)(H2,21,23,24);1H. The maximum absolute atomic E-state index is 13.5. The number of carbonyl (C=O) groups excluding carboxylic acids is 1. The molecule has 0 aliphatic heterocycles. The number of benzene rings is 1. The lowest BCUT2D eigenvalue weighted by Crippen LogP contribution is -2.42. The molecule has 1 amide bonds. The van der Waals surface area contributed by atoms with E-state index < -0.39 is 29.0 Å². The minimum Gasteiger partial charge on any atom is -0.356 e. The smallest absolute Gasteiger partial charge is 0.243 e. The zero-order chi connectivity index (χ0) is 18.9. The third-order valence-corrected chi connectivity index (χ3v) is 3.35. The molecule has 0 saturated carbocycles. The summed E-state index contributed by atoms with van der Waals surface area (Å²) < 4.78 is 39.5. The van der Waals surface area contributed by atoms with E-state index in [-0.39, 0.29) is 30.5 Å². The molecule has 3 N–H and O–H groups in total. The van der Waals surface area contributed by atoms with Crippen LogP contribution in [0.3, 0.4) is 0 Å². The van der Waals surface area contributed by atoms with Crippen LogP contribution in [-0.4, -0.2) is 37.0 Å². The second kappa shape index (κ2) is 11.4. The summed E-state index contributed by atoms with van der Waals surface area (Å²) >= 11 is 0. The molecule has 1 aromatic heterocycles. The van der Waals surface area contributed by atoms with Crippen LogP contribution in [0.25, 0.3) is 0 Å². The summed E-state index contributed by atoms with van der Waals surface area (Å²) in [6.07, 6.45) is 2.36. The quantitative estimate of drug-likeness (QED) is 0.250. The van der Waals surface area contributed by atoms with E-state index >= 15 is 0 Å². The fraction of sp³-hybridized carbons (Fsp3) is 0.235. The normalized spacial score (nSPS) is 10.7. The minimum atomic E-state index is -1.64. The van der Waals surface area contributed by atoms with Crippen molar-refractivity contribution in [1.29, 1.82) is 0 Å². The highest BCUT2D eigenvalue weighted by Gasteiger charge is 2.15. The van der Waals surface area contributed by atoms with Gasteiger partial charge in [0.2, 0.25) is 5.91 Å². The largest absolute Gasteiger partial charge is 0.356 e. The van der Waals surface area contributed by atoms with Crippen molar-refractivity contribution < 1.29 is 18.0 Å². The van der Waals surface area contributed by atoms with Crippen molar-refractivity contribution in [3.05, 3.63) is 59.7 Å². The lowest BCUT2D eigenvalue weighted by molar-refractivity contribution is -0.115. The number of hydrogen-bond acceptors (Lipinski definition) is 3. The van der Waals surface area contributed by atoms with Gasteiger partial charge in [0.1, 0.15) is 0 Å². The summed E-state index contributed by atoms with van der Waals surface area (Å²) in [7, 11) is 1.53. The number of anilines is 1. The van der Waals surface area contributed by atoms with Crippen LogP contribution in [0.4, 0.5) is 18.9 Å². The number of nitrogens with one attached hydrogen (secondary N) is 3. The molecule has 146 valence electrons. The van der Waals surface area contributed by atoms with Gasteiger partial charge in [0.05, 0.1) is 12.2 Å². The molecule has 0 spiro atoms. The number of carbonyl (C=O) groups is 1. The first kappa shape index (κ1) is 22.7. The van der Waals surface area contributed by atoms with Gasteiger partial charge in [-0.2, -0.15) is 0 Å². The molecule has 10 heteroatoms. The summed E-state index contributed by atoms with van der Waals surface area (Å²) in [6.45, 7) is 0.303. The number of amides is 1. The molecule has 0 radical (unpaired) electrons. The van der Waals surface area contributed by atoms with E-state index in [0.29, 0.717) is 18.9 Å². The molecule has 27 heavy (non-hydrogen) atoms. The average Bonchev–Trinajstić information content (AvgIpc) is 2.66. The van der Waals surface area contributed by atoms with Gasteiger partial charge in [-0.05, 0) is 24.3 Å². The van der Waals surface area contributed by atoms with Crippen molar-refractivity contribution in [2.24, 2.45) is 4.99 Å². The third-order valence-electron chi connectivity index (χ3n) is 3.35. The molecule has 0 aliphatic rings. The molecule has 6 nitrogen and oxygen atoms in total. The fourth-order valence-electron chi connectivity index (χ4n) is 2.06. The Balaban J connectivity index is 0.00000364. The maximum atomic E-state index is 13.5. The molecule has 1 heterocycles. The Morgan fingerprint density at radius 2 is 1.89 bits per heavy atom. The second-order valence-corrected chi connectivity index (χ2v) is 5.19. The first-order valence-corrected chi connectivity index (χ1v) is 7.79. The molecule has 2 aromatic rings. The summed E-state index contributed by atoms with van der Waals surface area (Å²) in [5.74, 6) is -4.68. The van der Waals surface area contributed by atoms with Crippen LogP contribution in [-0.2, 0) is 11.2 Å². The van der Waals surface area contributed by atoms with Crippen LogP contribution in [0.15, 0.2) is 41.5 Å². The highest BCUT2D eigenvalue weighted by Crippen LogP contribution is 2.19. The highest BCUT2D eigenvalue weighted by molar-refractivity contribution is 14.0. The van der Waals surface area contributed by atoms with Gasteiger partial charge in [-0.3, -0.25) is 14.8 Å². The van der Waals surface area contributed by atoms with Crippen molar-refractivity contribution in [1.82, 2.24) is 15.6 Å². The van der Waals surface area contributed by atoms with Gasteiger partial charge in [0, 0.05) is 31.9 Å². The maximum Gasteiger partial charge on any atom is 0.243 e. The van der Waals surface area contributed by atoms with Crippen LogP contribution in [0, 0.1) is 17.5 Å². The van der Waals surface area contributed by atoms with E-state index in [1.54, 1.807) is 6.20 Å². The van der Waals surface area contributed by atoms with Gasteiger partial charge in [-0.15, -0.1) is 24.0 Å². The van der Waals surface area contributed by atoms with E-state index in [0.717, 1.165) is 17.8 Å². The van der Waals surface area contributed by atoms with E-state index in [4.69, 9.17) is 0 Å². The predicted octanol–water partition coefficient (Wildman–Crippen LogP) is 2.46. The average molecular weight is 493 g/mol. The topological polar surface area (TPSA) is 78.4 Å². The Morgan fingerprint density at radius 3 is 2.56 bits per heavy atom. The molecular weight excluding hydrogens is 474 g/mol. The molecule has 1 aromatic carbocycles.